The fourth-order valence-corrected chi connectivity index (χ4v) is 1.70. The largest absolute Gasteiger partial charge is 0.496 e. The Morgan fingerprint density at radius 2 is 2.08 bits per heavy atom. The molecule has 0 aliphatic rings. The average molecular weight is 185 g/mol. The van der Waals surface area contributed by atoms with Crippen molar-refractivity contribution in [1.29, 1.82) is 0 Å². The maximum Gasteiger partial charge on any atom is 0.122 e. The van der Waals surface area contributed by atoms with Gasteiger partial charge in [0.25, 0.3) is 0 Å². The van der Waals surface area contributed by atoms with Gasteiger partial charge in [-0.25, -0.2) is 0 Å². The Bertz CT molecular complexity index is 281. The first-order chi connectivity index (χ1) is 5.70. The van der Waals surface area contributed by atoms with E-state index in [1.807, 2.05) is 19.1 Å². The molecule has 66 valence electrons. The van der Waals surface area contributed by atoms with E-state index in [2.05, 4.69) is 6.92 Å². The molecule has 0 N–H and O–H groups in total. The molecule has 0 bridgehead atoms. The molecule has 12 heavy (non-hydrogen) atoms. The van der Waals surface area contributed by atoms with E-state index in [1.54, 1.807) is 7.11 Å². The molecule has 0 heterocycles. The first-order valence-corrected chi connectivity index (χ1v) is 4.40. The van der Waals surface area contributed by atoms with Gasteiger partial charge in [-0.1, -0.05) is 18.5 Å². The number of halogens is 1. The molecule has 0 spiro atoms. The summed E-state index contributed by atoms with van der Waals surface area (Å²) >= 11 is 6.00. The second kappa shape index (κ2) is 3.81. The van der Waals surface area contributed by atoms with Crippen molar-refractivity contribution in [1.82, 2.24) is 0 Å². The summed E-state index contributed by atoms with van der Waals surface area (Å²) in [5.74, 6) is 0.913. The molecule has 2 heteroatoms. The Balaban J connectivity index is 3.24. The third kappa shape index (κ3) is 1.56. The highest BCUT2D eigenvalue weighted by Crippen LogP contribution is 2.27. The minimum absolute atomic E-state index is 0.829. The van der Waals surface area contributed by atoms with E-state index in [0.29, 0.717) is 0 Å². The van der Waals surface area contributed by atoms with Crippen LogP contribution >= 0.6 is 11.6 Å². The lowest BCUT2D eigenvalue weighted by Crippen LogP contribution is -1.93. The highest BCUT2D eigenvalue weighted by molar-refractivity contribution is 6.31. The highest BCUT2D eigenvalue weighted by Gasteiger charge is 2.06. The molecule has 0 aromatic heterocycles. The minimum atomic E-state index is 0.829. The van der Waals surface area contributed by atoms with Gasteiger partial charge in [-0.3, -0.25) is 0 Å². The van der Waals surface area contributed by atoms with E-state index >= 15 is 0 Å². The van der Waals surface area contributed by atoms with E-state index in [-0.39, 0.29) is 0 Å². The van der Waals surface area contributed by atoms with E-state index in [1.165, 1.54) is 5.56 Å². The van der Waals surface area contributed by atoms with Crippen molar-refractivity contribution in [2.24, 2.45) is 0 Å². The van der Waals surface area contributed by atoms with Gasteiger partial charge in [-0.05, 0) is 36.6 Å². The van der Waals surface area contributed by atoms with Crippen LogP contribution in [0.1, 0.15) is 18.1 Å². The van der Waals surface area contributed by atoms with Crippen LogP contribution in [0.4, 0.5) is 0 Å². The molecule has 0 saturated carbocycles. The van der Waals surface area contributed by atoms with Gasteiger partial charge < -0.3 is 4.74 Å². The van der Waals surface area contributed by atoms with Crippen molar-refractivity contribution in [3.05, 3.63) is 28.3 Å². The summed E-state index contributed by atoms with van der Waals surface area (Å²) < 4.78 is 5.18. The molecule has 0 saturated heterocycles. The number of methoxy groups -OCH3 is 1. The lowest BCUT2D eigenvalue weighted by Gasteiger charge is -2.10. The predicted molar refractivity (Wildman–Crippen MR) is 52.1 cm³/mol. The van der Waals surface area contributed by atoms with Gasteiger partial charge in [-0.2, -0.15) is 0 Å². The fraction of sp³-hybridized carbons (Fsp3) is 0.400. The van der Waals surface area contributed by atoms with Crippen LogP contribution in [0.2, 0.25) is 5.02 Å². The van der Waals surface area contributed by atoms with Gasteiger partial charge in [0.15, 0.2) is 0 Å². The van der Waals surface area contributed by atoms with Gasteiger partial charge in [0.2, 0.25) is 0 Å². The van der Waals surface area contributed by atoms with Crippen molar-refractivity contribution in [2.45, 2.75) is 20.3 Å². The van der Waals surface area contributed by atoms with Crippen LogP contribution in [-0.2, 0) is 6.42 Å². The zero-order valence-electron chi connectivity index (χ0n) is 7.65. The Kier molecular flexibility index (Phi) is 2.99. The molecule has 0 amide bonds. The molecule has 1 aromatic rings. The average Bonchev–Trinajstić information content (AvgIpc) is 2.06. The Morgan fingerprint density at radius 1 is 1.42 bits per heavy atom. The van der Waals surface area contributed by atoms with E-state index in [0.717, 1.165) is 22.8 Å². The van der Waals surface area contributed by atoms with E-state index in [9.17, 15) is 0 Å². The predicted octanol–water partition coefficient (Wildman–Crippen LogP) is 3.22. The molecule has 0 aliphatic carbocycles. The molecule has 0 unspecified atom stereocenters. The zero-order valence-corrected chi connectivity index (χ0v) is 8.40. The number of hydrogen-bond acceptors (Lipinski definition) is 1. The summed E-state index contributed by atoms with van der Waals surface area (Å²) in [5.41, 5.74) is 2.32. The molecule has 1 nitrogen and oxygen atoms in total. The third-order valence-corrected chi connectivity index (χ3v) is 2.42. The van der Waals surface area contributed by atoms with Crippen molar-refractivity contribution in [3.8, 4) is 5.75 Å². The summed E-state index contributed by atoms with van der Waals surface area (Å²) in [7, 11) is 1.68. The number of benzene rings is 1. The summed E-state index contributed by atoms with van der Waals surface area (Å²) in [6, 6.07) is 3.78. The lowest BCUT2D eigenvalue weighted by atomic mass is 10.1. The molecular weight excluding hydrogens is 172 g/mol. The van der Waals surface area contributed by atoms with Crippen molar-refractivity contribution < 1.29 is 4.74 Å². The third-order valence-electron chi connectivity index (χ3n) is 2.07. The molecule has 0 fully saturated rings. The maximum atomic E-state index is 6.00. The lowest BCUT2D eigenvalue weighted by molar-refractivity contribution is 0.411. The van der Waals surface area contributed by atoms with Crippen molar-refractivity contribution in [3.63, 3.8) is 0 Å². The quantitative estimate of drug-likeness (QED) is 0.686. The molecular formula is C10H13ClO. The maximum absolute atomic E-state index is 6.00. The van der Waals surface area contributed by atoms with Crippen LogP contribution in [0.25, 0.3) is 0 Å². The normalized spacial score (nSPS) is 10.0. The van der Waals surface area contributed by atoms with Crippen LogP contribution in [0.5, 0.6) is 5.75 Å². The van der Waals surface area contributed by atoms with E-state index in [4.69, 9.17) is 16.3 Å². The first kappa shape index (κ1) is 9.40. The van der Waals surface area contributed by atoms with Gasteiger partial charge >= 0.3 is 0 Å². The monoisotopic (exact) mass is 184 g/mol. The van der Waals surface area contributed by atoms with Crippen LogP contribution in [0.15, 0.2) is 12.1 Å². The van der Waals surface area contributed by atoms with Gasteiger partial charge in [0.1, 0.15) is 5.75 Å². The summed E-state index contributed by atoms with van der Waals surface area (Å²) in [5, 5.41) is 0.829. The van der Waals surface area contributed by atoms with Crippen LogP contribution in [-0.4, -0.2) is 7.11 Å². The van der Waals surface area contributed by atoms with E-state index < -0.39 is 0 Å². The fourth-order valence-electron chi connectivity index (χ4n) is 1.36. The Morgan fingerprint density at radius 3 is 2.58 bits per heavy atom. The van der Waals surface area contributed by atoms with Crippen molar-refractivity contribution in [2.75, 3.05) is 7.11 Å². The number of rotatable bonds is 2. The van der Waals surface area contributed by atoms with Gasteiger partial charge in [0.05, 0.1) is 7.11 Å². The topological polar surface area (TPSA) is 9.23 Å². The first-order valence-electron chi connectivity index (χ1n) is 4.02. The second-order valence-corrected chi connectivity index (χ2v) is 3.11. The molecule has 0 atom stereocenters. The Hall–Kier alpha value is -0.690. The Labute approximate surface area is 78.3 Å². The summed E-state index contributed by atoms with van der Waals surface area (Å²) in [4.78, 5) is 0. The van der Waals surface area contributed by atoms with Crippen molar-refractivity contribution >= 4 is 11.6 Å². The molecule has 0 aliphatic heterocycles. The van der Waals surface area contributed by atoms with Gasteiger partial charge in [0, 0.05) is 5.02 Å². The summed E-state index contributed by atoms with van der Waals surface area (Å²) in [6.07, 6.45) is 0.946. The molecule has 1 aromatic carbocycles. The molecule has 1 rings (SSSR count). The second-order valence-electron chi connectivity index (χ2n) is 2.71. The van der Waals surface area contributed by atoms with Crippen LogP contribution in [0.3, 0.4) is 0 Å². The smallest absolute Gasteiger partial charge is 0.122 e. The molecule has 0 radical (unpaired) electrons. The number of hydrogen-bond donors (Lipinski definition) is 0. The minimum Gasteiger partial charge on any atom is -0.496 e. The highest BCUT2D eigenvalue weighted by atomic mass is 35.5. The number of ether oxygens (including phenoxy) is 1. The van der Waals surface area contributed by atoms with Crippen LogP contribution in [0, 0.1) is 6.92 Å². The summed E-state index contributed by atoms with van der Waals surface area (Å²) in [6.45, 7) is 4.12. The SMILES string of the molecule is CCc1c(Cl)ccc(OC)c1C. The van der Waals surface area contributed by atoms with Gasteiger partial charge in [-0.15, -0.1) is 0 Å². The standard InChI is InChI=1S/C10H13ClO/c1-4-8-7(2)10(12-3)6-5-9(8)11/h5-6H,4H2,1-3H3. The van der Waals surface area contributed by atoms with Crippen LogP contribution < -0.4 is 4.74 Å². The zero-order chi connectivity index (χ0) is 9.14.